The molecule has 0 bridgehead atoms. The smallest absolute Gasteiger partial charge is 0.212 e. The second-order valence-electron chi connectivity index (χ2n) is 4.58. The largest absolute Gasteiger partial charge is 0.371 e. The highest BCUT2D eigenvalue weighted by Gasteiger charge is 2.15. The normalized spacial score (nSPS) is 16.1. The van der Waals surface area contributed by atoms with Crippen molar-refractivity contribution in [1.29, 1.82) is 0 Å². The van der Waals surface area contributed by atoms with Gasteiger partial charge in [0.15, 0.2) is 0 Å². The lowest BCUT2D eigenvalue weighted by atomic mass is 10.1. The van der Waals surface area contributed by atoms with Crippen LogP contribution in [0.25, 0.3) is 10.9 Å². The Labute approximate surface area is 104 Å². The van der Waals surface area contributed by atoms with Crippen molar-refractivity contribution in [3.05, 3.63) is 34.5 Å². The van der Waals surface area contributed by atoms with Gasteiger partial charge in [0.25, 0.3) is 0 Å². The van der Waals surface area contributed by atoms with Gasteiger partial charge in [-0.2, -0.15) is 0 Å². The number of hydrogen-bond donors (Lipinski definition) is 0. The first kappa shape index (κ1) is 11.0. The molecule has 1 fully saturated rings. The van der Waals surface area contributed by atoms with Gasteiger partial charge in [-0.25, -0.2) is 0 Å². The van der Waals surface area contributed by atoms with Crippen molar-refractivity contribution in [3.63, 3.8) is 0 Å². The van der Waals surface area contributed by atoms with Crippen molar-refractivity contribution >= 4 is 16.6 Å². The van der Waals surface area contributed by atoms with Gasteiger partial charge in [0.05, 0.1) is 15.5 Å². The monoisotopic (exact) mass is 246 g/mol. The third-order valence-corrected chi connectivity index (χ3v) is 3.37. The molecule has 6 nitrogen and oxygen atoms in total. The Bertz CT molecular complexity index is 587. The molecule has 0 unspecified atom stereocenters. The molecule has 94 valence electrons. The summed E-state index contributed by atoms with van der Waals surface area (Å²) in [6.07, 6.45) is 5.15. The van der Waals surface area contributed by atoms with E-state index in [0.717, 1.165) is 29.0 Å². The van der Waals surface area contributed by atoms with Crippen LogP contribution in [0.5, 0.6) is 0 Å². The van der Waals surface area contributed by atoms with Gasteiger partial charge in [0, 0.05) is 29.6 Å². The Balaban J connectivity index is 1.96. The molecule has 6 heteroatoms. The number of anilines is 1. The topological polar surface area (TPSA) is 64.2 Å². The van der Waals surface area contributed by atoms with Crippen molar-refractivity contribution in [2.75, 3.05) is 18.0 Å². The van der Waals surface area contributed by atoms with Gasteiger partial charge in [-0.05, 0) is 31.4 Å². The second kappa shape index (κ2) is 4.29. The maximum absolute atomic E-state index is 10.7. The molecule has 1 aromatic carbocycles. The van der Waals surface area contributed by atoms with E-state index < -0.39 is 5.03 Å². The van der Waals surface area contributed by atoms with Gasteiger partial charge in [-0.3, -0.25) is 0 Å². The molecule has 1 saturated heterocycles. The number of fused-ring (bicyclic) bond motifs is 1. The minimum absolute atomic E-state index is 0.527. The molecule has 1 aliphatic heterocycles. The van der Waals surface area contributed by atoms with Gasteiger partial charge in [0.1, 0.15) is 6.20 Å². The molecule has 0 atom stereocenters. The zero-order valence-electron chi connectivity index (χ0n) is 9.95. The fourth-order valence-electron chi connectivity index (χ4n) is 2.42. The Morgan fingerprint density at radius 2 is 2.00 bits per heavy atom. The van der Waals surface area contributed by atoms with Gasteiger partial charge in [-0.1, -0.05) is 0 Å². The van der Waals surface area contributed by atoms with Crippen molar-refractivity contribution in [2.45, 2.75) is 19.3 Å². The van der Waals surface area contributed by atoms with E-state index in [1.807, 2.05) is 18.2 Å². The lowest BCUT2D eigenvalue weighted by Crippen LogP contribution is -2.29. The van der Waals surface area contributed by atoms with E-state index in [2.05, 4.69) is 10.00 Å². The van der Waals surface area contributed by atoms with Crippen molar-refractivity contribution in [3.8, 4) is 0 Å². The SMILES string of the molecule is O=[N+]([O-])n1cc2ccc(N3CCCCC3)cc2n1. The van der Waals surface area contributed by atoms with Gasteiger partial charge in [-0.15, -0.1) is 0 Å². The summed E-state index contributed by atoms with van der Waals surface area (Å²) < 4.78 is 0. The molecule has 1 aliphatic rings. The summed E-state index contributed by atoms with van der Waals surface area (Å²) in [6.45, 7) is 2.11. The molecule has 0 aliphatic carbocycles. The average Bonchev–Trinajstić information content (AvgIpc) is 2.82. The van der Waals surface area contributed by atoms with Crippen molar-refractivity contribution in [2.24, 2.45) is 0 Å². The highest BCUT2D eigenvalue weighted by molar-refractivity contribution is 5.81. The fourth-order valence-corrected chi connectivity index (χ4v) is 2.42. The van der Waals surface area contributed by atoms with Crippen LogP contribution in [0.1, 0.15) is 19.3 Å². The average molecular weight is 246 g/mol. The summed E-state index contributed by atoms with van der Waals surface area (Å²) in [6, 6.07) is 5.84. The highest BCUT2D eigenvalue weighted by Crippen LogP contribution is 2.23. The molecule has 0 spiro atoms. The Hall–Kier alpha value is -2.11. The zero-order valence-corrected chi connectivity index (χ0v) is 9.95. The van der Waals surface area contributed by atoms with Crippen LogP contribution in [-0.2, 0) is 0 Å². The summed E-state index contributed by atoms with van der Waals surface area (Å²) in [5.74, 6) is 0. The van der Waals surface area contributed by atoms with Crippen LogP contribution >= 0.6 is 0 Å². The minimum Gasteiger partial charge on any atom is -0.371 e. The van der Waals surface area contributed by atoms with Crippen LogP contribution in [-0.4, -0.2) is 28.0 Å². The summed E-state index contributed by atoms with van der Waals surface area (Å²) >= 11 is 0. The zero-order chi connectivity index (χ0) is 12.5. The van der Waals surface area contributed by atoms with Gasteiger partial charge >= 0.3 is 0 Å². The first-order valence-electron chi connectivity index (χ1n) is 6.13. The molecule has 1 aromatic heterocycles. The van der Waals surface area contributed by atoms with Gasteiger partial charge < -0.3 is 15.0 Å². The number of nitrogens with zero attached hydrogens (tertiary/aromatic N) is 4. The summed E-state index contributed by atoms with van der Waals surface area (Å²) in [5, 5.41) is 14.9. The molecule has 0 radical (unpaired) electrons. The van der Waals surface area contributed by atoms with Crippen LogP contribution in [0, 0.1) is 10.1 Å². The van der Waals surface area contributed by atoms with E-state index in [-0.39, 0.29) is 0 Å². The Kier molecular flexibility index (Phi) is 2.62. The summed E-state index contributed by atoms with van der Waals surface area (Å²) in [4.78, 5) is 13.7. The Morgan fingerprint density at radius 1 is 1.22 bits per heavy atom. The molecule has 0 amide bonds. The minimum atomic E-state index is -0.527. The number of rotatable bonds is 2. The molecule has 0 N–H and O–H groups in total. The number of aromatic nitrogens is 2. The van der Waals surface area contributed by atoms with E-state index in [9.17, 15) is 10.1 Å². The van der Waals surface area contributed by atoms with Crippen LogP contribution in [0.2, 0.25) is 0 Å². The number of nitro groups is 1. The molecule has 0 saturated carbocycles. The van der Waals surface area contributed by atoms with Crippen LogP contribution in [0.15, 0.2) is 24.4 Å². The van der Waals surface area contributed by atoms with Crippen LogP contribution in [0.4, 0.5) is 5.69 Å². The predicted molar refractivity (Wildman–Crippen MR) is 68.2 cm³/mol. The van der Waals surface area contributed by atoms with E-state index in [1.54, 1.807) is 0 Å². The summed E-state index contributed by atoms with van der Waals surface area (Å²) in [5.41, 5.74) is 1.78. The van der Waals surface area contributed by atoms with Crippen molar-refractivity contribution in [1.82, 2.24) is 9.89 Å². The van der Waals surface area contributed by atoms with E-state index in [1.165, 1.54) is 25.5 Å². The van der Waals surface area contributed by atoms with E-state index in [4.69, 9.17) is 0 Å². The Morgan fingerprint density at radius 3 is 2.72 bits per heavy atom. The lowest BCUT2D eigenvalue weighted by molar-refractivity contribution is -0.552. The predicted octanol–water partition coefficient (Wildman–Crippen LogP) is 2.07. The fraction of sp³-hybridized carbons (Fsp3) is 0.417. The quantitative estimate of drug-likeness (QED) is 0.601. The first-order chi connectivity index (χ1) is 8.74. The molecule has 2 aromatic rings. The van der Waals surface area contributed by atoms with Crippen molar-refractivity contribution < 1.29 is 5.03 Å². The third-order valence-electron chi connectivity index (χ3n) is 3.37. The molecular formula is C12H14N4O2. The number of benzene rings is 1. The lowest BCUT2D eigenvalue weighted by Gasteiger charge is -2.28. The molecule has 3 rings (SSSR count). The van der Waals surface area contributed by atoms with Crippen LogP contribution in [0.3, 0.4) is 0 Å². The third kappa shape index (κ3) is 1.90. The number of piperidine rings is 1. The summed E-state index contributed by atoms with van der Waals surface area (Å²) in [7, 11) is 0. The molecular weight excluding hydrogens is 232 g/mol. The van der Waals surface area contributed by atoms with Crippen LogP contribution < -0.4 is 4.90 Å². The maximum atomic E-state index is 10.7. The second-order valence-corrected chi connectivity index (χ2v) is 4.58. The van der Waals surface area contributed by atoms with E-state index in [0.29, 0.717) is 5.52 Å². The highest BCUT2D eigenvalue weighted by atomic mass is 16.7. The van der Waals surface area contributed by atoms with Gasteiger partial charge in [0.2, 0.25) is 5.52 Å². The molecule has 18 heavy (non-hydrogen) atoms. The molecule has 2 heterocycles. The standard InChI is InChI=1S/C12H14N4O2/c17-16(18)15-9-10-4-5-11(8-12(10)13-15)14-6-2-1-3-7-14/h4-5,8-9H,1-3,6-7H2. The van der Waals surface area contributed by atoms with E-state index >= 15 is 0 Å². The number of hydrogen-bond acceptors (Lipinski definition) is 4. The maximum Gasteiger partial charge on any atom is 0.212 e. The first-order valence-corrected chi connectivity index (χ1v) is 6.13.